The van der Waals surface area contributed by atoms with Crippen LogP contribution in [0.2, 0.25) is 0 Å². The van der Waals surface area contributed by atoms with Crippen LogP contribution in [0.4, 0.5) is 5.69 Å². The Hall–Kier alpha value is -3.21. The summed E-state index contributed by atoms with van der Waals surface area (Å²) in [6.45, 7) is 3.56. The fourth-order valence-corrected chi connectivity index (χ4v) is 2.58. The summed E-state index contributed by atoms with van der Waals surface area (Å²) in [5.41, 5.74) is 4.91. The van der Waals surface area contributed by atoms with Crippen LogP contribution in [0.1, 0.15) is 30.4 Å². The highest BCUT2D eigenvalue weighted by Crippen LogP contribution is 2.19. The zero-order valence-corrected chi connectivity index (χ0v) is 14.7. The first-order chi connectivity index (χ1) is 12.4. The van der Waals surface area contributed by atoms with Gasteiger partial charge < -0.3 is 9.64 Å². The van der Waals surface area contributed by atoms with Gasteiger partial charge in [0.2, 0.25) is 5.91 Å². The zero-order valence-electron chi connectivity index (χ0n) is 14.7. The molecule has 1 heterocycles. The van der Waals surface area contributed by atoms with Crippen LogP contribution in [0.15, 0.2) is 23.3 Å². The highest BCUT2D eigenvalue weighted by atomic mass is 16.5. The largest absolute Gasteiger partial charge is 0.451 e. The molecule has 0 aromatic heterocycles. The van der Waals surface area contributed by atoms with Gasteiger partial charge in [0.25, 0.3) is 5.91 Å². The molecule has 8 heteroatoms. The molecule has 1 aliphatic rings. The van der Waals surface area contributed by atoms with Crippen molar-refractivity contribution in [2.45, 2.75) is 33.1 Å². The average molecular weight is 356 g/mol. The van der Waals surface area contributed by atoms with E-state index in [9.17, 15) is 14.4 Å². The van der Waals surface area contributed by atoms with Crippen LogP contribution in [0.3, 0.4) is 0 Å². The molecule has 1 aromatic rings. The van der Waals surface area contributed by atoms with Crippen molar-refractivity contribution in [3.63, 3.8) is 0 Å². The van der Waals surface area contributed by atoms with E-state index in [1.165, 1.54) is 4.90 Å². The van der Waals surface area contributed by atoms with Gasteiger partial charge in [-0.2, -0.15) is 10.4 Å². The molecule has 2 rings (SSSR count). The third-order valence-corrected chi connectivity index (χ3v) is 3.73. The van der Waals surface area contributed by atoms with E-state index in [4.69, 9.17) is 10.00 Å². The third kappa shape index (κ3) is 5.14. The molecule has 0 bridgehead atoms. The fraction of sp³-hybridized carbons (Fsp3) is 0.389. The zero-order chi connectivity index (χ0) is 19.1. The Morgan fingerprint density at radius 3 is 2.54 bits per heavy atom. The molecule has 136 valence electrons. The van der Waals surface area contributed by atoms with Crippen molar-refractivity contribution in [1.82, 2.24) is 5.43 Å². The van der Waals surface area contributed by atoms with Crippen LogP contribution >= 0.6 is 0 Å². The second-order valence-corrected chi connectivity index (χ2v) is 5.97. The topological polar surface area (TPSA) is 112 Å². The number of rotatable bonds is 6. The Morgan fingerprint density at radius 1 is 1.27 bits per heavy atom. The lowest BCUT2D eigenvalue weighted by Crippen LogP contribution is -2.37. The van der Waals surface area contributed by atoms with Crippen LogP contribution < -0.4 is 10.3 Å². The number of nitrogens with one attached hydrogen (secondary N) is 1. The SMILES string of the molecule is Cc1cc(C)cc(N(CCC#N)C(=O)COC(=O)C2=NNC(=O)CC2)c1. The van der Waals surface area contributed by atoms with E-state index in [1.807, 2.05) is 38.1 Å². The lowest BCUT2D eigenvalue weighted by Gasteiger charge is -2.23. The van der Waals surface area contributed by atoms with Gasteiger partial charge in [-0.05, 0) is 37.1 Å². The van der Waals surface area contributed by atoms with Crippen LogP contribution in [0.5, 0.6) is 0 Å². The number of amides is 2. The minimum Gasteiger partial charge on any atom is -0.451 e. The summed E-state index contributed by atoms with van der Waals surface area (Å²) >= 11 is 0. The van der Waals surface area contributed by atoms with E-state index >= 15 is 0 Å². The second kappa shape index (κ2) is 8.76. The van der Waals surface area contributed by atoms with Crippen molar-refractivity contribution in [2.75, 3.05) is 18.1 Å². The maximum Gasteiger partial charge on any atom is 0.355 e. The summed E-state index contributed by atoms with van der Waals surface area (Å²) in [4.78, 5) is 37.0. The number of hydrogen-bond donors (Lipinski definition) is 1. The van der Waals surface area contributed by atoms with E-state index in [-0.39, 0.29) is 37.4 Å². The third-order valence-electron chi connectivity index (χ3n) is 3.73. The van der Waals surface area contributed by atoms with Gasteiger partial charge in [-0.25, -0.2) is 10.2 Å². The second-order valence-electron chi connectivity index (χ2n) is 5.97. The molecular formula is C18H20N4O4. The molecule has 26 heavy (non-hydrogen) atoms. The van der Waals surface area contributed by atoms with Gasteiger partial charge in [0, 0.05) is 25.1 Å². The molecule has 0 spiro atoms. The molecule has 0 saturated heterocycles. The average Bonchev–Trinajstić information content (AvgIpc) is 2.59. The Kier molecular flexibility index (Phi) is 6.44. The minimum atomic E-state index is -0.737. The summed E-state index contributed by atoms with van der Waals surface area (Å²) in [6.07, 6.45) is 0.484. The van der Waals surface area contributed by atoms with E-state index in [0.29, 0.717) is 5.69 Å². The van der Waals surface area contributed by atoms with Gasteiger partial charge in [0.05, 0.1) is 12.5 Å². The van der Waals surface area contributed by atoms with Gasteiger partial charge in [-0.3, -0.25) is 9.59 Å². The lowest BCUT2D eigenvalue weighted by atomic mass is 10.1. The maximum atomic E-state index is 12.5. The van der Waals surface area contributed by atoms with E-state index in [2.05, 4.69) is 10.5 Å². The summed E-state index contributed by atoms with van der Waals surface area (Å²) < 4.78 is 5.03. The lowest BCUT2D eigenvalue weighted by molar-refractivity contribution is -0.141. The molecule has 0 aliphatic carbocycles. The molecule has 1 N–H and O–H groups in total. The Bertz CT molecular complexity index is 775. The Labute approximate surface area is 151 Å². The van der Waals surface area contributed by atoms with Crippen molar-refractivity contribution in [3.05, 3.63) is 29.3 Å². The molecule has 0 atom stereocenters. The summed E-state index contributed by atoms with van der Waals surface area (Å²) in [7, 11) is 0. The summed E-state index contributed by atoms with van der Waals surface area (Å²) in [5.74, 6) is -1.44. The number of carbonyl (C=O) groups is 3. The molecule has 1 aliphatic heterocycles. The van der Waals surface area contributed by atoms with Crippen molar-refractivity contribution >= 4 is 29.2 Å². The number of esters is 1. The Morgan fingerprint density at radius 2 is 1.96 bits per heavy atom. The molecule has 0 unspecified atom stereocenters. The minimum absolute atomic E-state index is 0.0763. The number of benzene rings is 1. The maximum absolute atomic E-state index is 12.5. The van der Waals surface area contributed by atoms with Crippen LogP contribution in [0, 0.1) is 25.2 Å². The molecule has 0 radical (unpaired) electrons. The van der Waals surface area contributed by atoms with Crippen LogP contribution in [0.25, 0.3) is 0 Å². The quantitative estimate of drug-likeness (QED) is 0.774. The van der Waals surface area contributed by atoms with Crippen molar-refractivity contribution in [1.29, 1.82) is 5.26 Å². The number of anilines is 1. The van der Waals surface area contributed by atoms with Gasteiger partial charge in [0.15, 0.2) is 6.61 Å². The summed E-state index contributed by atoms with van der Waals surface area (Å²) in [6, 6.07) is 7.67. The van der Waals surface area contributed by atoms with E-state index in [1.54, 1.807) is 0 Å². The molecule has 0 saturated carbocycles. The van der Waals surface area contributed by atoms with Gasteiger partial charge >= 0.3 is 5.97 Å². The number of hydrogen-bond acceptors (Lipinski definition) is 6. The molecule has 1 aromatic carbocycles. The van der Waals surface area contributed by atoms with Crippen molar-refractivity contribution in [2.24, 2.45) is 5.10 Å². The number of aryl methyl sites for hydroxylation is 2. The Balaban J connectivity index is 2.06. The molecule has 0 fully saturated rings. The first kappa shape index (κ1) is 19.1. The number of ether oxygens (including phenoxy) is 1. The number of nitrogens with zero attached hydrogens (tertiary/aromatic N) is 3. The van der Waals surface area contributed by atoms with E-state index in [0.717, 1.165) is 11.1 Å². The first-order valence-corrected chi connectivity index (χ1v) is 8.19. The molecular weight excluding hydrogens is 336 g/mol. The highest BCUT2D eigenvalue weighted by molar-refractivity contribution is 6.37. The van der Waals surface area contributed by atoms with Gasteiger partial charge in [-0.1, -0.05) is 6.07 Å². The smallest absolute Gasteiger partial charge is 0.355 e. The number of hydrazone groups is 1. The number of nitriles is 1. The van der Waals surface area contributed by atoms with Gasteiger partial charge in [-0.15, -0.1) is 0 Å². The summed E-state index contributed by atoms with van der Waals surface area (Å²) in [5, 5.41) is 12.5. The van der Waals surface area contributed by atoms with Crippen LogP contribution in [-0.4, -0.2) is 36.6 Å². The van der Waals surface area contributed by atoms with Crippen molar-refractivity contribution in [3.8, 4) is 6.07 Å². The first-order valence-electron chi connectivity index (χ1n) is 8.19. The fourth-order valence-electron chi connectivity index (χ4n) is 2.58. The predicted molar refractivity (Wildman–Crippen MR) is 94.3 cm³/mol. The number of carbonyl (C=O) groups excluding carboxylic acids is 3. The van der Waals surface area contributed by atoms with Crippen molar-refractivity contribution < 1.29 is 19.1 Å². The van der Waals surface area contributed by atoms with Gasteiger partial charge in [0.1, 0.15) is 5.71 Å². The predicted octanol–water partition coefficient (Wildman–Crippen LogP) is 1.36. The monoisotopic (exact) mass is 356 g/mol. The molecule has 8 nitrogen and oxygen atoms in total. The van der Waals surface area contributed by atoms with E-state index < -0.39 is 18.5 Å². The normalized spacial score (nSPS) is 13.3. The highest BCUT2D eigenvalue weighted by Gasteiger charge is 2.22. The standard InChI is InChI=1S/C18H20N4O4/c1-12-8-13(2)10-14(9-12)22(7-3-6-19)17(24)11-26-18(25)15-4-5-16(23)21-20-15/h8-10H,3-5,7,11H2,1-2H3,(H,21,23). The van der Waals surface area contributed by atoms with Crippen LogP contribution in [-0.2, 0) is 19.1 Å². The molecule has 2 amide bonds.